The largest absolute Gasteiger partial charge is 0.490 e. The van der Waals surface area contributed by atoms with Gasteiger partial charge in [-0.3, -0.25) is 0 Å². The molecule has 3 unspecified atom stereocenters. The van der Waals surface area contributed by atoms with Crippen LogP contribution in [0.3, 0.4) is 0 Å². The van der Waals surface area contributed by atoms with E-state index in [0.717, 1.165) is 24.3 Å². The first-order chi connectivity index (χ1) is 7.31. The molecule has 2 aliphatic rings. The quantitative estimate of drug-likeness (QED) is 0.796. The van der Waals surface area contributed by atoms with Crippen LogP contribution in [-0.4, -0.2) is 23.7 Å². The third-order valence-electron chi connectivity index (χ3n) is 3.11. The van der Waals surface area contributed by atoms with E-state index in [0.29, 0.717) is 11.2 Å². The summed E-state index contributed by atoms with van der Waals surface area (Å²) in [6.07, 6.45) is 4.28. The van der Waals surface area contributed by atoms with Crippen molar-refractivity contribution in [2.24, 2.45) is 5.92 Å². The Morgan fingerprint density at radius 2 is 2.40 bits per heavy atom. The van der Waals surface area contributed by atoms with Crippen molar-refractivity contribution in [3.8, 4) is 5.75 Å². The first-order valence-electron chi connectivity index (χ1n) is 5.31. The molecule has 3 atom stereocenters. The van der Waals surface area contributed by atoms with Gasteiger partial charge in [-0.1, -0.05) is 11.6 Å². The summed E-state index contributed by atoms with van der Waals surface area (Å²) in [7, 11) is 0. The van der Waals surface area contributed by atoms with E-state index < -0.39 is 0 Å². The second-order valence-electron chi connectivity index (χ2n) is 4.33. The van der Waals surface area contributed by atoms with Crippen molar-refractivity contribution < 1.29 is 4.74 Å². The molecule has 80 valence electrons. The summed E-state index contributed by atoms with van der Waals surface area (Å²) >= 11 is 5.68. The SMILES string of the molecule is Clc1ccc(OCC2CC3CC3N2)cn1. The molecule has 1 N–H and O–H groups in total. The molecule has 3 nitrogen and oxygen atoms in total. The number of rotatable bonds is 3. The van der Waals surface area contributed by atoms with Gasteiger partial charge in [0.25, 0.3) is 0 Å². The number of nitrogens with zero attached hydrogens (tertiary/aromatic N) is 1. The van der Waals surface area contributed by atoms with E-state index in [4.69, 9.17) is 16.3 Å². The molecular weight excluding hydrogens is 212 g/mol. The summed E-state index contributed by atoms with van der Waals surface area (Å²) in [5, 5.41) is 4.04. The van der Waals surface area contributed by atoms with Crippen LogP contribution in [0.2, 0.25) is 5.15 Å². The Balaban J connectivity index is 1.51. The van der Waals surface area contributed by atoms with Gasteiger partial charge in [-0.05, 0) is 30.9 Å². The lowest BCUT2D eigenvalue weighted by Crippen LogP contribution is -2.31. The molecule has 2 heterocycles. The summed E-state index contributed by atoms with van der Waals surface area (Å²) in [6, 6.07) is 4.90. The van der Waals surface area contributed by atoms with Crippen molar-refractivity contribution in [2.45, 2.75) is 24.9 Å². The molecule has 1 aromatic heterocycles. The van der Waals surface area contributed by atoms with Crippen molar-refractivity contribution in [1.82, 2.24) is 10.3 Å². The first kappa shape index (κ1) is 9.43. The molecule has 15 heavy (non-hydrogen) atoms. The maximum Gasteiger partial charge on any atom is 0.137 e. The summed E-state index contributed by atoms with van der Waals surface area (Å²) in [5.74, 6) is 1.71. The van der Waals surface area contributed by atoms with E-state index in [-0.39, 0.29) is 0 Å². The van der Waals surface area contributed by atoms with E-state index in [1.165, 1.54) is 12.8 Å². The number of piperidine rings is 1. The Hall–Kier alpha value is -0.800. The highest BCUT2D eigenvalue weighted by Crippen LogP contribution is 2.40. The monoisotopic (exact) mass is 224 g/mol. The van der Waals surface area contributed by atoms with Crippen molar-refractivity contribution in [1.29, 1.82) is 0 Å². The van der Waals surface area contributed by atoms with E-state index in [2.05, 4.69) is 10.3 Å². The van der Waals surface area contributed by atoms with Crippen molar-refractivity contribution >= 4 is 11.6 Å². The molecular formula is C11H13ClN2O. The molecule has 3 rings (SSSR count). The van der Waals surface area contributed by atoms with E-state index in [1.54, 1.807) is 12.3 Å². The molecule has 0 aromatic carbocycles. The van der Waals surface area contributed by atoms with Crippen LogP contribution < -0.4 is 10.1 Å². The normalized spacial score (nSPS) is 32.5. The zero-order valence-electron chi connectivity index (χ0n) is 8.32. The van der Waals surface area contributed by atoms with Crippen LogP contribution in [0, 0.1) is 5.92 Å². The molecule has 1 saturated heterocycles. The number of hydrogen-bond donors (Lipinski definition) is 1. The van der Waals surface area contributed by atoms with Gasteiger partial charge in [0.1, 0.15) is 17.5 Å². The topological polar surface area (TPSA) is 34.1 Å². The molecule has 0 amide bonds. The average Bonchev–Trinajstić information content (AvgIpc) is 2.86. The van der Waals surface area contributed by atoms with Crippen molar-refractivity contribution in [3.05, 3.63) is 23.5 Å². The van der Waals surface area contributed by atoms with Gasteiger partial charge >= 0.3 is 0 Å². The maximum atomic E-state index is 5.68. The Labute approximate surface area is 93.8 Å². The van der Waals surface area contributed by atoms with Crippen LogP contribution in [0.15, 0.2) is 18.3 Å². The molecule has 0 radical (unpaired) electrons. The second-order valence-corrected chi connectivity index (χ2v) is 4.72. The molecule has 1 aliphatic carbocycles. The first-order valence-corrected chi connectivity index (χ1v) is 5.69. The third kappa shape index (κ3) is 2.08. The van der Waals surface area contributed by atoms with Crippen LogP contribution in [0.4, 0.5) is 0 Å². The van der Waals surface area contributed by atoms with Gasteiger partial charge in [0, 0.05) is 12.1 Å². The highest BCUT2D eigenvalue weighted by atomic mass is 35.5. The standard InChI is InChI=1S/C11H13ClN2O/c12-11-2-1-9(5-13-11)15-6-8-3-7-4-10(7)14-8/h1-2,5,7-8,10,14H,3-4,6H2. The average molecular weight is 225 g/mol. The van der Waals surface area contributed by atoms with Crippen LogP contribution in [-0.2, 0) is 0 Å². The Morgan fingerprint density at radius 1 is 1.47 bits per heavy atom. The zero-order valence-corrected chi connectivity index (χ0v) is 9.07. The van der Waals surface area contributed by atoms with Gasteiger partial charge in [0.15, 0.2) is 0 Å². The third-order valence-corrected chi connectivity index (χ3v) is 3.33. The van der Waals surface area contributed by atoms with Crippen molar-refractivity contribution in [2.75, 3.05) is 6.61 Å². The highest BCUT2D eigenvalue weighted by molar-refractivity contribution is 6.29. The minimum Gasteiger partial charge on any atom is -0.490 e. The van der Waals surface area contributed by atoms with Gasteiger partial charge in [-0.25, -0.2) is 4.98 Å². The lowest BCUT2D eigenvalue weighted by molar-refractivity contribution is 0.267. The lowest BCUT2D eigenvalue weighted by Gasteiger charge is -2.13. The fourth-order valence-electron chi connectivity index (χ4n) is 2.21. The Morgan fingerprint density at radius 3 is 3.07 bits per heavy atom. The molecule has 1 aliphatic heterocycles. The minimum absolute atomic E-state index is 0.502. The molecule has 4 heteroatoms. The summed E-state index contributed by atoms with van der Waals surface area (Å²) in [4.78, 5) is 3.97. The summed E-state index contributed by atoms with van der Waals surface area (Å²) in [5.41, 5.74) is 0. The molecule has 1 aromatic rings. The Kier molecular flexibility index (Phi) is 2.29. The van der Waals surface area contributed by atoms with Crippen LogP contribution >= 0.6 is 11.6 Å². The number of aromatic nitrogens is 1. The van der Waals surface area contributed by atoms with Gasteiger partial charge in [0.05, 0.1) is 6.20 Å². The van der Waals surface area contributed by atoms with Gasteiger partial charge < -0.3 is 10.1 Å². The second kappa shape index (κ2) is 3.65. The van der Waals surface area contributed by atoms with E-state index in [1.807, 2.05) is 6.07 Å². The number of pyridine rings is 1. The van der Waals surface area contributed by atoms with Crippen LogP contribution in [0.5, 0.6) is 5.75 Å². The Bertz CT molecular complexity index is 344. The van der Waals surface area contributed by atoms with Crippen molar-refractivity contribution in [3.63, 3.8) is 0 Å². The predicted molar refractivity (Wildman–Crippen MR) is 58.2 cm³/mol. The fraction of sp³-hybridized carbons (Fsp3) is 0.545. The van der Waals surface area contributed by atoms with Gasteiger partial charge in [-0.2, -0.15) is 0 Å². The molecule has 2 fully saturated rings. The van der Waals surface area contributed by atoms with Crippen LogP contribution in [0.1, 0.15) is 12.8 Å². The maximum absolute atomic E-state index is 5.68. The summed E-state index contributed by atoms with van der Waals surface area (Å²) < 4.78 is 5.63. The van der Waals surface area contributed by atoms with Gasteiger partial charge in [0.2, 0.25) is 0 Å². The smallest absolute Gasteiger partial charge is 0.137 e. The molecule has 0 bridgehead atoms. The number of halogens is 1. The number of ether oxygens (including phenoxy) is 1. The molecule has 1 saturated carbocycles. The lowest BCUT2D eigenvalue weighted by atomic mass is 10.2. The van der Waals surface area contributed by atoms with Crippen LogP contribution in [0.25, 0.3) is 0 Å². The van der Waals surface area contributed by atoms with E-state index in [9.17, 15) is 0 Å². The number of hydrogen-bond acceptors (Lipinski definition) is 3. The zero-order chi connectivity index (χ0) is 10.3. The molecule has 0 spiro atoms. The number of fused-ring (bicyclic) bond motifs is 1. The van der Waals surface area contributed by atoms with Gasteiger partial charge in [-0.15, -0.1) is 0 Å². The highest BCUT2D eigenvalue weighted by Gasteiger charge is 2.45. The van der Waals surface area contributed by atoms with E-state index >= 15 is 0 Å². The predicted octanol–water partition coefficient (Wildman–Crippen LogP) is 1.86. The fourth-order valence-corrected chi connectivity index (χ4v) is 2.32. The number of nitrogens with one attached hydrogen (secondary N) is 1. The minimum atomic E-state index is 0.502. The summed E-state index contributed by atoms with van der Waals surface area (Å²) in [6.45, 7) is 0.732.